The smallest absolute Gasteiger partial charge is 0.411 e. The number of hydrogen-bond donors (Lipinski definition) is 0. The first-order chi connectivity index (χ1) is 13.2. The Morgan fingerprint density at radius 1 is 0.926 bits per heavy atom. The maximum atomic E-state index is 12.8. The van der Waals surface area contributed by atoms with E-state index >= 15 is 0 Å². The minimum absolute atomic E-state index is 0.0786. The van der Waals surface area contributed by atoms with E-state index in [1.807, 2.05) is 60.7 Å². The lowest BCUT2D eigenvalue weighted by Crippen LogP contribution is -2.46. The van der Waals surface area contributed by atoms with Crippen molar-refractivity contribution in [3.63, 3.8) is 0 Å². The van der Waals surface area contributed by atoms with Crippen LogP contribution in [0.15, 0.2) is 60.7 Å². The summed E-state index contributed by atoms with van der Waals surface area (Å²) < 4.78 is 10.7. The van der Waals surface area contributed by atoms with Gasteiger partial charge in [-0.05, 0) is 37.3 Å². The van der Waals surface area contributed by atoms with E-state index in [9.17, 15) is 9.59 Å². The van der Waals surface area contributed by atoms with E-state index in [1.165, 1.54) is 0 Å². The monoisotopic (exact) mass is 367 g/mol. The standard InChI is InChI=1S/C22H25NO4/c1-2-26-21(24)20-14-13-19(15-17-9-5-3-6-10-17)23(20)22(25)27-16-18-11-7-4-8-12-18/h3-12,19-20H,2,13-16H2,1H3/t19?,20-/m0/s1. The molecule has 0 aromatic heterocycles. The lowest BCUT2D eigenvalue weighted by Gasteiger charge is -2.28. The SMILES string of the molecule is CCOC(=O)[C@@H]1CCC(Cc2ccccc2)N1C(=O)OCc1ccccc1. The third-order valence-corrected chi connectivity index (χ3v) is 4.79. The predicted molar refractivity (Wildman–Crippen MR) is 102 cm³/mol. The zero-order valence-electron chi connectivity index (χ0n) is 15.5. The fourth-order valence-corrected chi connectivity index (χ4v) is 3.51. The van der Waals surface area contributed by atoms with Crippen molar-refractivity contribution in [2.75, 3.05) is 6.61 Å². The maximum absolute atomic E-state index is 12.8. The number of benzene rings is 2. The second kappa shape index (κ2) is 9.21. The van der Waals surface area contributed by atoms with Gasteiger partial charge in [0.05, 0.1) is 6.61 Å². The molecule has 142 valence electrons. The first-order valence-corrected chi connectivity index (χ1v) is 9.38. The fraction of sp³-hybridized carbons (Fsp3) is 0.364. The zero-order chi connectivity index (χ0) is 19.1. The van der Waals surface area contributed by atoms with E-state index in [2.05, 4.69) is 0 Å². The third kappa shape index (κ3) is 4.88. The number of hydrogen-bond acceptors (Lipinski definition) is 4. The molecule has 0 saturated carbocycles. The zero-order valence-corrected chi connectivity index (χ0v) is 15.5. The van der Waals surface area contributed by atoms with Crippen LogP contribution in [0.5, 0.6) is 0 Å². The highest BCUT2D eigenvalue weighted by molar-refractivity contribution is 5.82. The second-order valence-electron chi connectivity index (χ2n) is 6.64. The highest BCUT2D eigenvalue weighted by Gasteiger charge is 2.42. The number of amides is 1. The van der Waals surface area contributed by atoms with Crippen LogP contribution in [0.2, 0.25) is 0 Å². The Hall–Kier alpha value is -2.82. The molecular formula is C22H25NO4. The average Bonchev–Trinajstić information content (AvgIpc) is 3.11. The molecule has 5 heteroatoms. The quantitative estimate of drug-likeness (QED) is 0.725. The third-order valence-electron chi connectivity index (χ3n) is 4.79. The number of carbonyl (C=O) groups is 2. The molecule has 1 aliphatic heterocycles. The van der Waals surface area contributed by atoms with Gasteiger partial charge in [-0.3, -0.25) is 4.90 Å². The largest absolute Gasteiger partial charge is 0.464 e. The van der Waals surface area contributed by atoms with E-state index in [1.54, 1.807) is 11.8 Å². The topological polar surface area (TPSA) is 55.8 Å². The normalized spacial score (nSPS) is 18.9. The van der Waals surface area contributed by atoms with Crippen LogP contribution in [0.25, 0.3) is 0 Å². The molecular weight excluding hydrogens is 342 g/mol. The fourth-order valence-electron chi connectivity index (χ4n) is 3.51. The van der Waals surface area contributed by atoms with E-state index in [0.717, 1.165) is 17.5 Å². The molecule has 0 spiro atoms. The minimum atomic E-state index is -0.582. The van der Waals surface area contributed by atoms with Crippen LogP contribution in [-0.4, -0.2) is 35.7 Å². The summed E-state index contributed by atoms with van der Waals surface area (Å²) in [5, 5.41) is 0. The van der Waals surface area contributed by atoms with E-state index in [4.69, 9.17) is 9.47 Å². The van der Waals surface area contributed by atoms with Crippen LogP contribution >= 0.6 is 0 Å². The summed E-state index contributed by atoms with van der Waals surface area (Å²) in [6, 6.07) is 18.9. The number of carbonyl (C=O) groups excluding carboxylic acids is 2. The summed E-state index contributed by atoms with van der Waals surface area (Å²) in [5.41, 5.74) is 2.05. The van der Waals surface area contributed by atoms with Gasteiger partial charge in [0.25, 0.3) is 0 Å². The van der Waals surface area contributed by atoms with E-state index in [0.29, 0.717) is 19.4 Å². The molecule has 0 bridgehead atoms. The predicted octanol–water partition coefficient (Wildman–Crippen LogP) is 3.96. The van der Waals surface area contributed by atoms with Crippen LogP contribution in [0, 0.1) is 0 Å². The van der Waals surface area contributed by atoms with Gasteiger partial charge in [-0.2, -0.15) is 0 Å². The van der Waals surface area contributed by atoms with E-state index < -0.39 is 12.1 Å². The second-order valence-corrected chi connectivity index (χ2v) is 6.64. The summed E-state index contributed by atoms with van der Waals surface area (Å²) in [6.45, 7) is 2.25. The molecule has 2 aromatic rings. The van der Waals surface area contributed by atoms with Crippen molar-refractivity contribution in [1.29, 1.82) is 0 Å². The van der Waals surface area contributed by atoms with Crippen molar-refractivity contribution in [3.8, 4) is 0 Å². The van der Waals surface area contributed by atoms with Gasteiger partial charge in [-0.15, -0.1) is 0 Å². The molecule has 0 radical (unpaired) electrons. The first kappa shape index (κ1) is 19.0. The Balaban J connectivity index is 1.72. The molecule has 0 aliphatic carbocycles. The first-order valence-electron chi connectivity index (χ1n) is 9.38. The number of likely N-dealkylation sites (tertiary alicyclic amines) is 1. The van der Waals surface area contributed by atoms with Gasteiger partial charge in [-0.1, -0.05) is 60.7 Å². The van der Waals surface area contributed by atoms with Gasteiger partial charge < -0.3 is 9.47 Å². The van der Waals surface area contributed by atoms with Crippen LogP contribution in [0.4, 0.5) is 4.79 Å². The summed E-state index contributed by atoms with van der Waals surface area (Å²) in [4.78, 5) is 26.8. The minimum Gasteiger partial charge on any atom is -0.464 e. The summed E-state index contributed by atoms with van der Waals surface area (Å²) in [5.74, 6) is -0.357. The molecule has 5 nitrogen and oxygen atoms in total. The molecule has 3 rings (SSSR count). The number of ether oxygens (including phenoxy) is 2. The molecule has 1 amide bonds. The van der Waals surface area contributed by atoms with Crippen molar-refractivity contribution in [1.82, 2.24) is 4.90 Å². The molecule has 27 heavy (non-hydrogen) atoms. The summed E-state index contributed by atoms with van der Waals surface area (Å²) >= 11 is 0. The van der Waals surface area contributed by atoms with Crippen LogP contribution in [-0.2, 0) is 27.3 Å². The van der Waals surface area contributed by atoms with Crippen LogP contribution in [0.3, 0.4) is 0 Å². The highest BCUT2D eigenvalue weighted by Crippen LogP contribution is 2.29. The Bertz CT molecular complexity index is 747. The molecule has 2 aromatic carbocycles. The molecule has 1 heterocycles. The van der Waals surface area contributed by atoms with Crippen molar-refractivity contribution < 1.29 is 19.1 Å². The molecule has 1 saturated heterocycles. The van der Waals surface area contributed by atoms with E-state index in [-0.39, 0.29) is 18.6 Å². The Morgan fingerprint density at radius 2 is 1.56 bits per heavy atom. The van der Waals surface area contributed by atoms with Crippen molar-refractivity contribution in [2.24, 2.45) is 0 Å². The van der Waals surface area contributed by atoms with Gasteiger partial charge in [0.1, 0.15) is 12.6 Å². The van der Waals surface area contributed by atoms with Gasteiger partial charge in [0, 0.05) is 6.04 Å². The van der Waals surface area contributed by atoms with Crippen molar-refractivity contribution in [2.45, 2.75) is 44.9 Å². The lowest BCUT2D eigenvalue weighted by molar-refractivity contribution is -0.148. The van der Waals surface area contributed by atoms with Crippen molar-refractivity contribution >= 4 is 12.1 Å². The van der Waals surface area contributed by atoms with Gasteiger partial charge in [0.15, 0.2) is 0 Å². The Kier molecular flexibility index (Phi) is 6.47. The maximum Gasteiger partial charge on any atom is 0.411 e. The Morgan fingerprint density at radius 3 is 2.19 bits per heavy atom. The molecule has 1 fully saturated rings. The average molecular weight is 367 g/mol. The molecule has 2 atom stereocenters. The van der Waals surface area contributed by atoms with Crippen LogP contribution < -0.4 is 0 Å². The number of rotatable bonds is 6. The van der Waals surface area contributed by atoms with Gasteiger partial charge >= 0.3 is 12.1 Å². The van der Waals surface area contributed by atoms with Gasteiger partial charge in [0.2, 0.25) is 0 Å². The number of nitrogens with zero attached hydrogens (tertiary/aromatic N) is 1. The van der Waals surface area contributed by atoms with Crippen LogP contribution in [0.1, 0.15) is 30.9 Å². The molecule has 0 N–H and O–H groups in total. The molecule has 1 unspecified atom stereocenters. The summed E-state index contributed by atoms with van der Waals surface area (Å²) in [7, 11) is 0. The lowest BCUT2D eigenvalue weighted by atomic mass is 10.0. The number of esters is 1. The Labute approximate surface area is 159 Å². The highest BCUT2D eigenvalue weighted by atomic mass is 16.6. The summed E-state index contributed by atoms with van der Waals surface area (Å²) in [6.07, 6.45) is 1.57. The van der Waals surface area contributed by atoms with Gasteiger partial charge in [-0.25, -0.2) is 9.59 Å². The molecule has 1 aliphatic rings. The van der Waals surface area contributed by atoms with Crippen molar-refractivity contribution in [3.05, 3.63) is 71.8 Å².